The second-order valence-corrected chi connectivity index (χ2v) is 10.5. The summed E-state index contributed by atoms with van der Waals surface area (Å²) in [7, 11) is 6.67. The molecule has 1 amide bonds. The number of rotatable bonds is 5. The molecule has 1 aromatic carbocycles. The summed E-state index contributed by atoms with van der Waals surface area (Å²) < 4.78 is 0. The summed E-state index contributed by atoms with van der Waals surface area (Å²) in [6.07, 6.45) is 0.0628. The van der Waals surface area contributed by atoms with Crippen LogP contribution in [-0.4, -0.2) is 88.4 Å². The number of benzene rings is 1. The largest absolute Gasteiger partial charge is 0.510 e. The van der Waals surface area contributed by atoms with Gasteiger partial charge in [-0.15, -0.1) is 0 Å². The summed E-state index contributed by atoms with van der Waals surface area (Å²) in [5.74, 6) is -7.26. The normalized spacial score (nSPS) is 27.2. The van der Waals surface area contributed by atoms with Gasteiger partial charge in [0, 0.05) is 43.3 Å². The van der Waals surface area contributed by atoms with E-state index in [-0.39, 0.29) is 41.7 Å². The number of primary amides is 1. The molecular weight excluding hydrogens is 482 g/mol. The van der Waals surface area contributed by atoms with Crippen LogP contribution in [0.3, 0.4) is 0 Å². The van der Waals surface area contributed by atoms with Gasteiger partial charge in [-0.3, -0.25) is 24.1 Å². The standard InChI is InChI=1S/C26H31N3O8/c1-10(30)6-12-9-15(28(2)3)13-7-11-8-14-19(29(4)5)22(33)18(25(27)36)24(35)26(14,37)23(34)16(11)21(32)17(13)20(12)31/h9,11,14,19,31,33-34,37H,6-8H2,1-5H3,(H2,27,36)/t11-,14-,19-,26-/m0/s1. The third-order valence-corrected chi connectivity index (χ3v) is 7.70. The number of amides is 1. The van der Waals surface area contributed by atoms with Crippen LogP contribution in [0.1, 0.15) is 34.8 Å². The number of carbonyl (C=O) groups excluding carboxylic acids is 4. The first kappa shape index (κ1) is 26.4. The van der Waals surface area contributed by atoms with E-state index in [0.717, 1.165) is 0 Å². The van der Waals surface area contributed by atoms with Crippen LogP contribution in [0.2, 0.25) is 0 Å². The van der Waals surface area contributed by atoms with Crippen LogP contribution >= 0.6 is 0 Å². The number of phenolic OH excluding ortho intramolecular Hbond substituents is 1. The number of carbonyl (C=O) groups is 4. The lowest BCUT2D eigenvalue weighted by molar-refractivity contribution is -0.148. The lowest BCUT2D eigenvalue weighted by Gasteiger charge is -2.50. The molecule has 4 atom stereocenters. The maximum absolute atomic E-state index is 13.8. The summed E-state index contributed by atoms with van der Waals surface area (Å²) >= 11 is 0. The average Bonchev–Trinajstić information content (AvgIpc) is 2.77. The molecule has 0 unspecified atom stereocenters. The molecule has 3 aliphatic carbocycles. The zero-order valence-electron chi connectivity index (χ0n) is 21.3. The lowest BCUT2D eigenvalue weighted by Crippen LogP contribution is -2.63. The van der Waals surface area contributed by atoms with E-state index in [0.29, 0.717) is 11.3 Å². The number of nitrogens with two attached hydrogens (primary N) is 1. The Morgan fingerprint density at radius 1 is 1.14 bits per heavy atom. The monoisotopic (exact) mass is 513 g/mol. The molecule has 3 aliphatic rings. The van der Waals surface area contributed by atoms with Gasteiger partial charge in [-0.05, 0) is 51.4 Å². The highest BCUT2D eigenvalue weighted by molar-refractivity contribution is 6.25. The fourth-order valence-corrected chi connectivity index (χ4v) is 6.16. The van der Waals surface area contributed by atoms with Crippen LogP contribution in [0, 0.1) is 11.8 Å². The Morgan fingerprint density at radius 2 is 1.76 bits per heavy atom. The van der Waals surface area contributed by atoms with Crippen LogP contribution < -0.4 is 10.6 Å². The Labute approximate surface area is 213 Å². The van der Waals surface area contributed by atoms with E-state index in [1.165, 1.54) is 11.8 Å². The summed E-state index contributed by atoms with van der Waals surface area (Å²) in [5, 5.41) is 44.9. The van der Waals surface area contributed by atoms with Gasteiger partial charge < -0.3 is 31.1 Å². The Hall–Kier alpha value is -3.70. The minimum Gasteiger partial charge on any atom is -0.510 e. The minimum atomic E-state index is -2.69. The van der Waals surface area contributed by atoms with E-state index < -0.39 is 63.8 Å². The van der Waals surface area contributed by atoms with Crippen LogP contribution in [0.4, 0.5) is 5.69 Å². The zero-order chi connectivity index (χ0) is 27.7. The molecule has 6 N–H and O–H groups in total. The van der Waals surface area contributed by atoms with Crippen molar-refractivity contribution in [2.45, 2.75) is 37.8 Å². The molecule has 11 nitrogen and oxygen atoms in total. The number of hydrogen-bond donors (Lipinski definition) is 5. The van der Waals surface area contributed by atoms with Gasteiger partial charge in [-0.2, -0.15) is 0 Å². The van der Waals surface area contributed by atoms with Gasteiger partial charge in [-0.25, -0.2) is 0 Å². The first-order chi connectivity index (χ1) is 17.1. The first-order valence-corrected chi connectivity index (χ1v) is 11.8. The number of aliphatic hydroxyl groups is 3. The number of anilines is 1. The predicted octanol–water partition coefficient (Wildman–Crippen LogP) is 0.318. The highest BCUT2D eigenvalue weighted by atomic mass is 16.3. The molecule has 0 fully saturated rings. The summed E-state index contributed by atoms with van der Waals surface area (Å²) in [6.45, 7) is 1.35. The summed E-state index contributed by atoms with van der Waals surface area (Å²) in [4.78, 5) is 54.3. The van der Waals surface area contributed by atoms with Crippen LogP contribution in [0.5, 0.6) is 5.75 Å². The second kappa shape index (κ2) is 8.70. The third kappa shape index (κ3) is 3.64. The number of nitrogens with zero attached hydrogens (tertiary/aromatic N) is 2. The predicted molar refractivity (Wildman–Crippen MR) is 132 cm³/mol. The summed E-state index contributed by atoms with van der Waals surface area (Å²) in [5.41, 5.74) is 2.81. The maximum atomic E-state index is 13.8. The molecule has 0 aromatic heterocycles. The zero-order valence-corrected chi connectivity index (χ0v) is 21.3. The molecule has 11 heteroatoms. The van der Waals surface area contributed by atoms with Gasteiger partial charge in [0.1, 0.15) is 28.6 Å². The number of fused-ring (bicyclic) bond motifs is 3. The average molecular weight is 514 g/mol. The number of Topliss-reactive ketones (excluding diaryl/α,β-unsaturated/α-hetero) is 3. The molecule has 37 heavy (non-hydrogen) atoms. The van der Waals surface area contributed by atoms with Gasteiger partial charge >= 0.3 is 0 Å². The number of allylic oxidation sites excluding steroid dienone is 1. The molecule has 4 rings (SSSR count). The number of likely N-dealkylation sites (N-methyl/N-ethyl adjacent to an activating group) is 1. The van der Waals surface area contributed by atoms with Crippen molar-refractivity contribution in [1.29, 1.82) is 0 Å². The van der Waals surface area contributed by atoms with Gasteiger partial charge in [0.25, 0.3) is 5.91 Å². The maximum Gasteiger partial charge on any atom is 0.255 e. The Morgan fingerprint density at radius 3 is 2.27 bits per heavy atom. The lowest BCUT2D eigenvalue weighted by atomic mass is 9.58. The molecule has 0 bridgehead atoms. The molecule has 1 aromatic rings. The van der Waals surface area contributed by atoms with Crippen molar-refractivity contribution >= 4 is 28.9 Å². The number of phenols is 1. The number of aromatic hydroxyl groups is 1. The van der Waals surface area contributed by atoms with Gasteiger partial charge in [0.05, 0.1) is 11.6 Å². The Bertz CT molecular complexity index is 1330. The number of hydrogen-bond acceptors (Lipinski definition) is 10. The minimum absolute atomic E-state index is 0.00852. The molecule has 0 aliphatic heterocycles. The number of aliphatic hydroxyl groups excluding tert-OH is 2. The Kier molecular flexibility index (Phi) is 6.20. The fourth-order valence-electron chi connectivity index (χ4n) is 6.16. The Balaban J connectivity index is 1.99. The SMILES string of the molecule is CC(=O)Cc1cc(N(C)C)c2c(c1O)C(=O)C1=C(O)[C@]3(O)C(=O)C(C(N)=O)=C(O)[C@@H](N(C)C)[C@@H]3C[C@@H]1C2. The van der Waals surface area contributed by atoms with Gasteiger partial charge in [0.2, 0.25) is 5.78 Å². The molecule has 0 heterocycles. The van der Waals surface area contributed by atoms with E-state index in [2.05, 4.69) is 0 Å². The van der Waals surface area contributed by atoms with Crippen molar-refractivity contribution in [3.63, 3.8) is 0 Å². The molecule has 0 spiro atoms. The molecule has 0 radical (unpaired) electrons. The van der Waals surface area contributed by atoms with Crippen LogP contribution in [0.15, 0.2) is 28.7 Å². The van der Waals surface area contributed by atoms with Crippen molar-refractivity contribution in [2.75, 3.05) is 33.1 Å². The molecule has 0 saturated heterocycles. The first-order valence-electron chi connectivity index (χ1n) is 11.8. The van der Waals surface area contributed by atoms with Crippen molar-refractivity contribution in [3.05, 3.63) is 45.4 Å². The van der Waals surface area contributed by atoms with Crippen molar-refractivity contribution < 1.29 is 39.6 Å². The highest BCUT2D eigenvalue weighted by Gasteiger charge is 2.63. The van der Waals surface area contributed by atoms with Gasteiger partial charge in [0.15, 0.2) is 11.4 Å². The van der Waals surface area contributed by atoms with E-state index >= 15 is 0 Å². The van der Waals surface area contributed by atoms with Gasteiger partial charge in [-0.1, -0.05) is 0 Å². The number of ketones is 3. The third-order valence-electron chi connectivity index (χ3n) is 7.70. The second-order valence-electron chi connectivity index (χ2n) is 10.5. The van der Waals surface area contributed by atoms with Crippen LogP contribution in [0.25, 0.3) is 0 Å². The quantitative estimate of drug-likeness (QED) is 0.344. The van der Waals surface area contributed by atoms with E-state index in [1.807, 2.05) is 0 Å². The van der Waals surface area contributed by atoms with Crippen LogP contribution in [-0.2, 0) is 27.2 Å². The van der Waals surface area contributed by atoms with E-state index in [1.54, 1.807) is 39.2 Å². The molecule has 0 saturated carbocycles. The summed E-state index contributed by atoms with van der Waals surface area (Å²) in [6, 6.07) is 0.599. The van der Waals surface area contributed by atoms with Crippen molar-refractivity contribution in [1.82, 2.24) is 4.90 Å². The molecular formula is C26H31N3O8. The van der Waals surface area contributed by atoms with E-state index in [4.69, 9.17) is 5.73 Å². The fraction of sp³-hybridized carbons (Fsp3) is 0.462. The molecule has 198 valence electrons. The highest BCUT2D eigenvalue weighted by Crippen LogP contribution is 2.53. The van der Waals surface area contributed by atoms with Crippen molar-refractivity contribution in [3.8, 4) is 5.75 Å². The van der Waals surface area contributed by atoms with Crippen molar-refractivity contribution in [2.24, 2.45) is 17.6 Å². The topological polar surface area (TPSA) is 182 Å². The van der Waals surface area contributed by atoms with E-state index in [9.17, 15) is 39.6 Å². The smallest absolute Gasteiger partial charge is 0.255 e.